The minimum absolute atomic E-state index is 0.0101. The van der Waals surface area contributed by atoms with Crippen LogP contribution in [0.5, 0.6) is 0 Å². The third kappa shape index (κ3) is 5.62. The molecule has 1 heterocycles. The first-order valence-electron chi connectivity index (χ1n) is 8.14. The van der Waals surface area contributed by atoms with Crippen LogP contribution in [0.3, 0.4) is 0 Å². The van der Waals surface area contributed by atoms with Gasteiger partial charge in [-0.25, -0.2) is 0 Å². The topological polar surface area (TPSA) is 61.4 Å². The maximum atomic E-state index is 11.9. The molecule has 0 aliphatic carbocycles. The lowest BCUT2D eigenvalue weighted by Gasteiger charge is -2.22. The molecule has 0 aromatic heterocycles. The van der Waals surface area contributed by atoms with E-state index in [2.05, 4.69) is 38.4 Å². The largest absolute Gasteiger partial charge is 0.354 e. The molecule has 0 radical (unpaired) electrons. The zero-order valence-corrected chi connectivity index (χ0v) is 15.1. The second-order valence-electron chi connectivity index (χ2n) is 5.74. The summed E-state index contributed by atoms with van der Waals surface area (Å²) in [4.78, 5) is 26.2. The van der Waals surface area contributed by atoms with Crippen LogP contribution in [-0.4, -0.2) is 48.9 Å². The van der Waals surface area contributed by atoms with Gasteiger partial charge >= 0.3 is 0 Å². The molecule has 0 unspecified atom stereocenters. The van der Waals surface area contributed by atoms with Gasteiger partial charge in [-0.15, -0.1) is 0 Å². The summed E-state index contributed by atoms with van der Waals surface area (Å²) in [6.45, 7) is 5.36. The number of carbonyl (C=O) groups is 2. The van der Waals surface area contributed by atoms with Crippen LogP contribution >= 0.6 is 15.9 Å². The second-order valence-corrected chi connectivity index (χ2v) is 6.66. The molecule has 1 aliphatic heterocycles. The smallest absolute Gasteiger partial charge is 0.251 e. The second kappa shape index (κ2) is 9.03. The zero-order valence-electron chi connectivity index (χ0n) is 13.5. The molecule has 2 rings (SSSR count). The lowest BCUT2D eigenvalue weighted by atomic mass is 10.2. The summed E-state index contributed by atoms with van der Waals surface area (Å²) in [6, 6.07) is 7.60. The van der Waals surface area contributed by atoms with Crippen LogP contribution in [0, 0.1) is 0 Å². The van der Waals surface area contributed by atoms with Gasteiger partial charge < -0.3 is 10.6 Å². The van der Waals surface area contributed by atoms with E-state index in [0.717, 1.165) is 24.0 Å². The monoisotopic (exact) mass is 381 g/mol. The number of nitrogens with zero attached hydrogens (tertiary/aromatic N) is 1. The number of hydrogen-bond acceptors (Lipinski definition) is 3. The van der Waals surface area contributed by atoms with Crippen LogP contribution in [0.4, 0.5) is 0 Å². The van der Waals surface area contributed by atoms with Gasteiger partial charge in [0.2, 0.25) is 5.91 Å². The molecule has 0 bridgehead atoms. The summed E-state index contributed by atoms with van der Waals surface area (Å²) in [5, 5.41) is 5.74. The molecule has 1 fully saturated rings. The molecule has 126 valence electrons. The van der Waals surface area contributed by atoms with Gasteiger partial charge in [0, 0.05) is 35.6 Å². The highest BCUT2D eigenvalue weighted by Crippen LogP contribution is 2.15. The van der Waals surface area contributed by atoms with Crippen molar-refractivity contribution in [1.29, 1.82) is 0 Å². The van der Waals surface area contributed by atoms with E-state index in [1.165, 1.54) is 6.42 Å². The van der Waals surface area contributed by atoms with Crippen molar-refractivity contribution in [2.45, 2.75) is 32.2 Å². The zero-order chi connectivity index (χ0) is 16.7. The fraction of sp³-hybridized carbons (Fsp3) is 0.529. The van der Waals surface area contributed by atoms with Crippen LogP contribution in [0.15, 0.2) is 28.7 Å². The molecule has 1 aromatic carbocycles. The van der Waals surface area contributed by atoms with Gasteiger partial charge in [0.15, 0.2) is 0 Å². The van der Waals surface area contributed by atoms with Crippen molar-refractivity contribution in [1.82, 2.24) is 15.5 Å². The number of amides is 2. The Labute approximate surface area is 145 Å². The van der Waals surface area contributed by atoms with Crippen LogP contribution in [-0.2, 0) is 4.79 Å². The Balaban J connectivity index is 1.64. The van der Waals surface area contributed by atoms with Gasteiger partial charge in [-0.2, -0.15) is 0 Å². The van der Waals surface area contributed by atoms with Gasteiger partial charge in [-0.3, -0.25) is 14.5 Å². The van der Waals surface area contributed by atoms with Crippen molar-refractivity contribution in [3.8, 4) is 0 Å². The van der Waals surface area contributed by atoms with Crippen molar-refractivity contribution in [3.05, 3.63) is 34.3 Å². The lowest BCUT2D eigenvalue weighted by Crippen LogP contribution is -2.40. The highest BCUT2D eigenvalue weighted by atomic mass is 79.9. The predicted molar refractivity (Wildman–Crippen MR) is 94.4 cm³/mol. The number of hydrogen-bond donors (Lipinski definition) is 2. The van der Waals surface area contributed by atoms with Crippen LogP contribution in [0.25, 0.3) is 0 Å². The van der Waals surface area contributed by atoms with E-state index < -0.39 is 0 Å². The summed E-state index contributed by atoms with van der Waals surface area (Å²) < 4.78 is 0.932. The van der Waals surface area contributed by atoms with Crippen molar-refractivity contribution >= 4 is 27.7 Å². The standard InChI is InChI=1S/C17H24BrN3O2/c1-2-21-11-3-4-15(21)12-20-16(22)9-10-19-17(23)13-5-7-14(18)8-6-13/h5-8,15H,2-4,9-12H2,1H3,(H,19,23)(H,20,22)/t15-/m0/s1. The average Bonchev–Trinajstić information content (AvgIpc) is 3.01. The Morgan fingerprint density at radius 1 is 1.26 bits per heavy atom. The molecule has 1 saturated heterocycles. The third-order valence-corrected chi connectivity index (χ3v) is 4.71. The normalized spacial score (nSPS) is 17.9. The van der Waals surface area contributed by atoms with Crippen LogP contribution in [0.2, 0.25) is 0 Å². The minimum atomic E-state index is -0.154. The van der Waals surface area contributed by atoms with Gasteiger partial charge in [0.05, 0.1) is 0 Å². The first kappa shape index (κ1) is 17.9. The van der Waals surface area contributed by atoms with Crippen molar-refractivity contribution in [2.24, 2.45) is 0 Å². The van der Waals surface area contributed by atoms with Crippen molar-refractivity contribution in [2.75, 3.05) is 26.2 Å². The quantitative estimate of drug-likeness (QED) is 0.760. The Bertz CT molecular complexity index is 533. The highest BCUT2D eigenvalue weighted by Gasteiger charge is 2.22. The van der Waals surface area contributed by atoms with Crippen LogP contribution < -0.4 is 10.6 Å². The number of likely N-dealkylation sites (tertiary alicyclic amines) is 1. The molecule has 0 saturated carbocycles. The Hall–Kier alpha value is -1.40. The molecular formula is C17H24BrN3O2. The summed E-state index contributed by atoms with van der Waals surface area (Å²) >= 11 is 3.33. The van der Waals surface area contributed by atoms with Crippen molar-refractivity contribution in [3.63, 3.8) is 0 Å². The van der Waals surface area contributed by atoms with Crippen molar-refractivity contribution < 1.29 is 9.59 Å². The van der Waals surface area contributed by atoms with Crippen LogP contribution in [0.1, 0.15) is 36.5 Å². The molecular weight excluding hydrogens is 358 g/mol. The number of carbonyl (C=O) groups excluding carboxylic acids is 2. The summed E-state index contributed by atoms with van der Waals surface area (Å²) in [7, 11) is 0. The van der Waals surface area contributed by atoms with E-state index in [0.29, 0.717) is 31.1 Å². The lowest BCUT2D eigenvalue weighted by molar-refractivity contribution is -0.121. The van der Waals surface area contributed by atoms with E-state index in [9.17, 15) is 9.59 Å². The molecule has 1 aliphatic rings. The van der Waals surface area contributed by atoms with E-state index in [1.807, 2.05) is 12.1 Å². The summed E-state index contributed by atoms with van der Waals surface area (Å²) in [5.41, 5.74) is 0.596. The molecule has 23 heavy (non-hydrogen) atoms. The average molecular weight is 382 g/mol. The number of rotatable bonds is 7. The summed E-state index contributed by atoms with van der Waals surface area (Å²) in [5.74, 6) is -0.165. The maximum absolute atomic E-state index is 11.9. The first-order chi connectivity index (χ1) is 11.1. The van der Waals surface area contributed by atoms with E-state index in [1.54, 1.807) is 12.1 Å². The van der Waals surface area contributed by atoms with Gasteiger partial charge in [0.25, 0.3) is 5.91 Å². The maximum Gasteiger partial charge on any atom is 0.251 e. The number of nitrogens with one attached hydrogen (secondary N) is 2. The Kier molecular flexibility index (Phi) is 7.05. The number of likely N-dealkylation sites (N-methyl/N-ethyl adjacent to an activating group) is 1. The van der Waals surface area contributed by atoms with E-state index in [-0.39, 0.29) is 11.8 Å². The van der Waals surface area contributed by atoms with Gasteiger partial charge in [-0.05, 0) is 50.2 Å². The molecule has 1 atom stereocenters. The fourth-order valence-corrected chi connectivity index (χ4v) is 3.12. The highest BCUT2D eigenvalue weighted by molar-refractivity contribution is 9.10. The number of halogens is 1. The van der Waals surface area contributed by atoms with E-state index in [4.69, 9.17) is 0 Å². The molecule has 2 amide bonds. The van der Waals surface area contributed by atoms with E-state index >= 15 is 0 Å². The molecule has 0 spiro atoms. The van der Waals surface area contributed by atoms with Gasteiger partial charge in [-0.1, -0.05) is 22.9 Å². The Morgan fingerprint density at radius 3 is 2.70 bits per heavy atom. The minimum Gasteiger partial charge on any atom is -0.354 e. The fourth-order valence-electron chi connectivity index (χ4n) is 2.86. The molecule has 2 N–H and O–H groups in total. The predicted octanol–water partition coefficient (Wildman–Crippen LogP) is 2.17. The third-order valence-electron chi connectivity index (χ3n) is 4.18. The molecule has 5 nitrogen and oxygen atoms in total. The molecule has 1 aromatic rings. The van der Waals surface area contributed by atoms with Gasteiger partial charge in [0.1, 0.15) is 0 Å². The number of benzene rings is 1. The SMILES string of the molecule is CCN1CCC[C@H]1CNC(=O)CCNC(=O)c1ccc(Br)cc1. The Morgan fingerprint density at radius 2 is 2.00 bits per heavy atom. The first-order valence-corrected chi connectivity index (χ1v) is 8.94. The molecule has 6 heteroatoms. The summed E-state index contributed by atoms with van der Waals surface area (Å²) in [6.07, 6.45) is 2.66.